The van der Waals surface area contributed by atoms with Gasteiger partial charge in [0.15, 0.2) is 5.65 Å². The molecule has 0 spiro atoms. The van der Waals surface area contributed by atoms with Gasteiger partial charge in [-0.3, -0.25) is 4.79 Å². The van der Waals surface area contributed by atoms with E-state index in [1.165, 1.54) is 12.8 Å². The number of aromatic nitrogens is 3. The zero-order valence-electron chi connectivity index (χ0n) is 14.4. The van der Waals surface area contributed by atoms with Gasteiger partial charge in [-0.05, 0) is 36.8 Å². The Kier molecular flexibility index (Phi) is 4.53. The van der Waals surface area contributed by atoms with E-state index in [2.05, 4.69) is 28.5 Å². The molecule has 1 saturated heterocycles. The van der Waals surface area contributed by atoms with E-state index >= 15 is 0 Å². The summed E-state index contributed by atoms with van der Waals surface area (Å²) in [6.45, 7) is 3.76. The topological polar surface area (TPSA) is 50.5 Å². The minimum Gasteiger partial charge on any atom is -0.337 e. The Morgan fingerprint density at radius 1 is 1.20 bits per heavy atom. The molecule has 25 heavy (non-hydrogen) atoms. The van der Waals surface area contributed by atoms with Crippen molar-refractivity contribution in [3.63, 3.8) is 0 Å². The molecular formula is C19H22N4OS. The summed E-state index contributed by atoms with van der Waals surface area (Å²) in [5.41, 5.74) is 4.31. The van der Waals surface area contributed by atoms with Crippen molar-refractivity contribution >= 4 is 22.9 Å². The third-order valence-corrected chi connectivity index (χ3v) is 5.48. The van der Waals surface area contributed by atoms with Crippen molar-refractivity contribution in [1.29, 1.82) is 0 Å². The van der Waals surface area contributed by atoms with Crippen LogP contribution in [0.1, 0.15) is 48.8 Å². The fraction of sp³-hybridized carbons (Fsp3) is 0.421. The maximum Gasteiger partial charge on any atom is 0.272 e. The summed E-state index contributed by atoms with van der Waals surface area (Å²) in [5.74, 6) is 0.0531. The number of rotatable bonds is 3. The van der Waals surface area contributed by atoms with E-state index < -0.39 is 0 Å². The minimum atomic E-state index is 0.0531. The summed E-state index contributed by atoms with van der Waals surface area (Å²) in [4.78, 5) is 19.5. The Balaban J connectivity index is 1.73. The van der Waals surface area contributed by atoms with Gasteiger partial charge < -0.3 is 4.90 Å². The zero-order valence-corrected chi connectivity index (χ0v) is 15.3. The van der Waals surface area contributed by atoms with E-state index in [1.807, 2.05) is 26.9 Å². The monoisotopic (exact) mass is 354 g/mol. The molecule has 4 heterocycles. The van der Waals surface area contributed by atoms with Crippen molar-refractivity contribution < 1.29 is 4.79 Å². The largest absolute Gasteiger partial charge is 0.337 e. The van der Waals surface area contributed by atoms with E-state index in [0.717, 1.165) is 55.0 Å². The zero-order chi connectivity index (χ0) is 17.2. The Morgan fingerprint density at radius 3 is 2.68 bits per heavy atom. The van der Waals surface area contributed by atoms with Crippen LogP contribution in [-0.4, -0.2) is 38.5 Å². The first kappa shape index (κ1) is 16.3. The van der Waals surface area contributed by atoms with Crippen LogP contribution in [0.2, 0.25) is 0 Å². The molecule has 0 aromatic carbocycles. The lowest BCUT2D eigenvalue weighted by Crippen LogP contribution is -2.32. The number of hydrogen-bond donors (Lipinski definition) is 0. The highest BCUT2D eigenvalue weighted by molar-refractivity contribution is 7.08. The van der Waals surface area contributed by atoms with Gasteiger partial charge in [-0.2, -0.15) is 16.4 Å². The number of hydrogen-bond acceptors (Lipinski definition) is 4. The van der Waals surface area contributed by atoms with Crippen LogP contribution in [0.15, 0.2) is 29.0 Å². The van der Waals surface area contributed by atoms with Crippen LogP contribution in [0.25, 0.3) is 16.9 Å². The van der Waals surface area contributed by atoms with Crippen LogP contribution < -0.4 is 0 Å². The first-order valence-electron chi connectivity index (χ1n) is 8.98. The molecule has 4 rings (SSSR count). The molecule has 0 aliphatic carbocycles. The second-order valence-corrected chi connectivity index (χ2v) is 7.28. The molecular weight excluding hydrogens is 332 g/mol. The number of nitrogens with zero attached hydrogens (tertiary/aromatic N) is 4. The molecule has 0 bridgehead atoms. The van der Waals surface area contributed by atoms with Gasteiger partial charge in [0.05, 0.1) is 5.69 Å². The number of aryl methyl sites for hydroxylation is 1. The highest BCUT2D eigenvalue weighted by atomic mass is 32.1. The number of likely N-dealkylation sites (tertiary alicyclic amines) is 1. The third kappa shape index (κ3) is 3.18. The summed E-state index contributed by atoms with van der Waals surface area (Å²) >= 11 is 1.65. The fourth-order valence-corrected chi connectivity index (χ4v) is 4.04. The van der Waals surface area contributed by atoms with Crippen molar-refractivity contribution in [2.24, 2.45) is 0 Å². The van der Waals surface area contributed by atoms with E-state index in [9.17, 15) is 4.79 Å². The minimum absolute atomic E-state index is 0.0531. The van der Waals surface area contributed by atoms with Gasteiger partial charge in [0.25, 0.3) is 5.91 Å². The molecule has 5 nitrogen and oxygen atoms in total. The van der Waals surface area contributed by atoms with E-state index in [4.69, 9.17) is 0 Å². The molecule has 1 amide bonds. The van der Waals surface area contributed by atoms with Crippen LogP contribution in [0.3, 0.4) is 0 Å². The predicted molar refractivity (Wildman–Crippen MR) is 100 cm³/mol. The van der Waals surface area contributed by atoms with Crippen molar-refractivity contribution in [3.8, 4) is 11.3 Å². The molecule has 0 radical (unpaired) electrons. The number of carbonyl (C=O) groups is 1. The van der Waals surface area contributed by atoms with Gasteiger partial charge in [-0.25, -0.2) is 9.50 Å². The lowest BCUT2D eigenvalue weighted by Gasteiger charge is -2.20. The maximum atomic E-state index is 12.9. The van der Waals surface area contributed by atoms with E-state index in [0.29, 0.717) is 5.69 Å². The highest BCUT2D eigenvalue weighted by Gasteiger charge is 2.20. The summed E-state index contributed by atoms with van der Waals surface area (Å²) in [5, 5.41) is 8.81. The van der Waals surface area contributed by atoms with E-state index in [1.54, 1.807) is 11.3 Å². The van der Waals surface area contributed by atoms with Crippen molar-refractivity contribution in [2.75, 3.05) is 13.1 Å². The average Bonchev–Trinajstić information content (AvgIpc) is 3.23. The van der Waals surface area contributed by atoms with Crippen molar-refractivity contribution in [3.05, 3.63) is 40.3 Å². The maximum absolute atomic E-state index is 12.9. The quantitative estimate of drug-likeness (QED) is 0.713. The molecule has 0 saturated carbocycles. The Hall–Kier alpha value is -2.21. The Bertz CT molecular complexity index is 876. The summed E-state index contributed by atoms with van der Waals surface area (Å²) in [6, 6.07) is 5.94. The first-order valence-corrected chi connectivity index (χ1v) is 9.92. The number of fused-ring (bicyclic) bond motifs is 1. The van der Waals surface area contributed by atoms with Crippen molar-refractivity contribution in [1.82, 2.24) is 19.5 Å². The molecule has 1 aliphatic rings. The van der Waals surface area contributed by atoms with Crippen LogP contribution in [-0.2, 0) is 6.42 Å². The SMILES string of the molecule is CCc1cc(C(=O)N2CCCCCC2)nc2cc(-c3ccsc3)nn12. The van der Waals surface area contributed by atoms with Gasteiger partial charge >= 0.3 is 0 Å². The second kappa shape index (κ2) is 6.96. The molecule has 0 unspecified atom stereocenters. The Labute approximate surface area is 151 Å². The van der Waals surface area contributed by atoms with Gasteiger partial charge in [-0.1, -0.05) is 19.8 Å². The number of carbonyl (C=O) groups excluding carboxylic acids is 1. The molecule has 1 aliphatic heterocycles. The van der Waals surface area contributed by atoms with E-state index in [-0.39, 0.29) is 5.91 Å². The second-order valence-electron chi connectivity index (χ2n) is 6.50. The highest BCUT2D eigenvalue weighted by Crippen LogP contribution is 2.23. The molecule has 3 aromatic heterocycles. The molecule has 1 fully saturated rings. The molecule has 0 atom stereocenters. The average molecular weight is 354 g/mol. The number of amides is 1. The lowest BCUT2D eigenvalue weighted by molar-refractivity contribution is 0.0755. The van der Waals surface area contributed by atoms with Crippen LogP contribution in [0, 0.1) is 0 Å². The summed E-state index contributed by atoms with van der Waals surface area (Å²) in [6.07, 6.45) is 5.41. The van der Waals surface area contributed by atoms with Crippen LogP contribution >= 0.6 is 11.3 Å². The molecule has 6 heteroatoms. The van der Waals surface area contributed by atoms with Crippen LogP contribution in [0.4, 0.5) is 0 Å². The molecule has 3 aromatic rings. The molecule has 0 N–H and O–H groups in total. The lowest BCUT2D eigenvalue weighted by atomic mass is 10.2. The number of thiophene rings is 1. The van der Waals surface area contributed by atoms with Gasteiger partial charge in [-0.15, -0.1) is 0 Å². The standard InChI is InChI=1S/C19H22N4OS/c1-2-15-11-17(19(24)22-8-5-3-4-6-9-22)20-18-12-16(21-23(15)18)14-7-10-25-13-14/h7,10-13H,2-6,8-9H2,1H3. The predicted octanol–water partition coefficient (Wildman–Crippen LogP) is 4.04. The Morgan fingerprint density at radius 2 is 2.00 bits per heavy atom. The first-order chi connectivity index (χ1) is 12.3. The van der Waals surface area contributed by atoms with Crippen LogP contribution in [0.5, 0.6) is 0 Å². The smallest absolute Gasteiger partial charge is 0.272 e. The molecule has 130 valence electrons. The normalized spacial score (nSPS) is 15.5. The fourth-order valence-electron chi connectivity index (χ4n) is 3.39. The van der Waals surface area contributed by atoms with Gasteiger partial charge in [0.2, 0.25) is 0 Å². The van der Waals surface area contributed by atoms with Gasteiger partial charge in [0.1, 0.15) is 5.69 Å². The summed E-state index contributed by atoms with van der Waals surface area (Å²) in [7, 11) is 0. The summed E-state index contributed by atoms with van der Waals surface area (Å²) < 4.78 is 1.87. The van der Waals surface area contributed by atoms with Crippen molar-refractivity contribution in [2.45, 2.75) is 39.0 Å². The third-order valence-electron chi connectivity index (χ3n) is 4.79. The van der Waals surface area contributed by atoms with Gasteiger partial charge in [0, 0.05) is 35.8 Å².